The maximum absolute atomic E-state index is 13.1. The molecular weight excluding hydrogens is 354 g/mol. The smallest absolute Gasteiger partial charge is 0.264 e. The average Bonchev–Trinajstić information content (AvgIpc) is 2.78. The van der Waals surface area contributed by atoms with Gasteiger partial charge in [0.2, 0.25) is 11.8 Å². The number of carbonyl (C=O) groups is 2. The van der Waals surface area contributed by atoms with E-state index >= 15 is 0 Å². The molecule has 4 rings (SSSR count). The zero-order valence-electron chi connectivity index (χ0n) is 14.2. The highest BCUT2D eigenvalue weighted by atomic mass is 35.5. The molecule has 0 atom stereocenters. The summed E-state index contributed by atoms with van der Waals surface area (Å²) in [5.74, 6) is 0.288. The number of halogens is 1. The molecule has 0 aliphatic carbocycles. The van der Waals surface area contributed by atoms with Crippen molar-refractivity contribution in [3.8, 4) is 11.6 Å². The lowest BCUT2D eigenvalue weighted by Crippen LogP contribution is -2.44. The molecule has 1 fully saturated rings. The molecule has 134 valence electrons. The third-order valence-corrected chi connectivity index (χ3v) is 4.90. The van der Waals surface area contributed by atoms with Crippen LogP contribution in [0.5, 0.6) is 11.6 Å². The minimum absolute atomic E-state index is 0.0517. The number of benzene rings is 1. The van der Waals surface area contributed by atoms with E-state index < -0.39 is 0 Å². The van der Waals surface area contributed by atoms with Crippen LogP contribution >= 0.6 is 11.6 Å². The van der Waals surface area contributed by atoms with Crippen LogP contribution in [-0.4, -0.2) is 41.3 Å². The predicted octanol–water partition coefficient (Wildman–Crippen LogP) is 3.50. The lowest BCUT2D eigenvalue weighted by atomic mass is 10.1. The summed E-state index contributed by atoms with van der Waals surface area (Å²) in [5.41, 5.74) is 0.803. The van der Waals surface area contributed by atoms with E-state index in [1.807, 2.05) is 4.90 Å². The van der Waals surface area contributed by atoms with Gasteiger partial charge in [-0.3, -0.25) is 14.5 Å². The number of hydrogen-bond donors (Lipinski definition) is 0. The van der Waals surface area contributed by atoms with E-state index in [1.54, 1.807) is 36.5 Å². The van der Waals surface area contributed by atoms with Gasteiger partial charge in [0.1, 0.15) is 12.1 Å². The lowest BCUT2D eigenvalue weighted by Gasteiger charge is -2.29. The zero-order valence-corrected chi connectivity index (χ0v) is 14.9. The largest absolute Gasteiger partial charge is 0.436 e. The molecule has 0 radical (unpaired) electrons. The number of pyridine rings is 1. The van der Waals surface area contributed by atoms with Gasteiger partial charge < -0.3 is 9.64 Å². The predicted molar refractivity (Wildman–Crippen MR) is 97.9 cm³/mol. The van der Waals surface area contributed by atoms with Gasteiger partial charge in [-0.05, 0) is 49.6 Å². The van der Waals surface area contributed by atoms with Gasteiger partial charge in [0.25, 0.3) is 5.91 Å². The van der Waals surface area contributed by atoms with Crippen LogP contribution < -0.4 is 9.64 Å². The molecule has 7 heteroatoms. The van der Waals surface area contributed by atoms with Crippen LogP contribution in [0.3, 0.4) is 0 Å². The van der Waals surface area contributed by atoms with Crippen molar-refractivity contribution in [2.75, 3.05) is 24.5 Å². The molecule has 2 aliphatic rings. The van der Waals surface area contributed by atoms with Crippen molar-refractivity contribution in [1.29, 1.82) is 0 Å². The summed E-state index contributed by atoms with van der Waals surface area (Å²) in [6.45, 7) is 1.42. The molecule has 26 heavy (non-hydrogen) atoms. The first-order chi connectivity index (χ1) is 12.6. The third-order valence-electron chi connectivity index (χ3n) is 4.67. The standard InChI is InChI=1S/C19H18ClN3O3/c20-13-6-7-16-15(11-13)23(12-17(24)22-9-2-1-3-10-22)19(25)14-5-4-8-21-18(14)26-16/h4-8,11H,1-3,9-10,12H2. The summed E-state index contributed by atoms with van der Waals surface area (Å²) in [6, 6.07) is 8.34. The van der Waals surface area contributed by atoms with Crippen molar-refractivity contribution >= 4 is 29.1 Å². The van der Waals surface area contributed by atoms with Gasteiger partial charge in [-0.1, -0.05) is 11.6 Å². The Morgan fingerprint density at radius 2 is 2.00 bits per heavy atom. The second-order valence-corrected chi connectivity index (χ2v) is 6.84. The topological polar surface area (TPSA) is 62.7 Å². The van der Waals surface area contributed by atoms with Gasteiger partial charge in [0.15, 0.2) is 5.75 Å². The molecule has 2 aromatic rings. The van der Waals surface area contributed by atoms with E-state index in [4.69, 9.17) is 16.3 Å². The number of likely N-dealkylation sites (tertiary alicyclic amines) is 1. The zero-order chi connectivity index (χ0) is 18.1. The first-order valence-corrected chi connectivity index (χ1v) is 9.03. The molecule has 0 N–H and O–H groups in total. The fourth-order valence-electron chi connectivity index (χ4n) is 3.32. The van der Waals surface area contributed by atoms with Gasteiger partial charge in [-0.25, -0.2) is 4.98 Å². The maximum Gasteiger partial charge on any atom is 0.264 e. The van der Waals surface area contributed by atoms with Crippen molar-refractivity contribution in [3.63, 3.8) is 0 Å². The van der Waals surface area contributed by atoms with Crippen LogP contribution in [0.15, 0.2) is 36.5 Å². The van der Waals surface area contributed by atoms with Gasteiger partial charge in [-0.15, -0.1) is 0 Å². The molecule has 2 aliphatic heterocycles. The second kappa shape index (κ2) is 6.96. The van der Waals surface area contributed by atoms with E-state index in [0.29, 0.717) is 22.0 Å². The summed E-state index contributed by atoms with van der Waals surface area (Å²) < 4.78 is 5.83. The Balaban J connectivity index is 1.72. The highest BCUT2D eigenvalue weighted by Crippen LogP contribution is 2.39. The first-order valence-electron chi connectivity index (χ1n) is 8.65. The summed E-state index contributed by atoms with van der Waals surface area (Å²) in [7, 11) is 0. The summed E-state index contributed by atoms with van der Waals surface area (Å²) in [6.07, 6.45) is 4.70. The minimum atomic E-state index is -0.320. The summed E-state index contributed by atoms with van der Waals surface area (Å²) >= 11 is 6.14. The number of ether oxygens (including phenoxy) is 1. The quantitative estimate of drug-likeness (QED) is 0.810. The number of piperidine rings is 1. The van der Waals surface area contributed by atoms with Crippen molar-refractivity contribution in [1.82, 2.24) is 9.88 Å². The Labute approximate surface area is 156 Å². The number of aromatic nitrogens is 1. The van der Waals surface area contributed by atoms with Gasteiger partial charge in [0.05, 0.1) is 5.69 Å². The molecule has 3 heterocycles. The Hall–Kier alpha value is -2.60. The first kappa shape index (κ1) is 16.8. The van der Waals surface area contributed by atoms with Crippen LogP contribution in [0.25, 0.3) is 0 Å². The summed E-state index contributed by atoms with van der Waals surface area (Å²) in [4.78, 5) is 33.3. The van der Waals surface area contributed by atoms with Crippen LogP contribution in [0.4, 0.5) is 5.69 Å². The van der Waals surface area contributed by atoms with Crippen LogP contribution in [0.2, 0.25) is 5.02 Å². The highest BCUT2D eigenvalue weighted by Gasteiger charge is 2.31. The normalized spacial score (nSPS) is 16.4. The van der Waals surface area contributed by atoms with Crippen LogP contribution in [-0.2, 0) is 4.79 Å². The number of carbonyl (C=O) groups excluding carboxylic acids is 2. The molecule has 1 aromatic heterocycles. The maximum atomic E-state index is 13.1. The van der Waals surface area contributed by atoms with Gasteiger partial charge in [0, 0.05) is 24.3 Å². The van der Waals surface area contributed by atoms with Gasteiger partial charge >= 0.3 is 0 Å². The second-order valence-electron chi connectivity index (χ2n) is 6.40. The van der Waals surface area contributed by atoms with E-state index in [9.17, 15) is 9.59 Å². The molecule has 2 amide bonds. The molecule has 0 saturated carbocycles. The molecule has 0 unspecified atom stereocenters. The van der Waals surface area contributed by atoms with Crippen molar-refractivity contribution < 1.29 is 14.3 Å². The molecule has 1 aromatic carbocycles. The summed E-state index contributed by atoms with van der Waals surface area (Å²) in [5, 5.41) is 0.467. The van der Waals surface area contributed by atoms with E-state index in [1.165, 1.54) is 4.90 Å². The van der Waals surface area contributed by atoms with Crippen molar-refractivity contribution in [3.05, 3.63) is 47.1 Å². The molecular formula is C19H18ClN3O3. The Morgan fingerprint density at radius 3 is 2.81 bits per heavy atom. The SMILES string of the molecule is O=C(CN1C(=O)c2cccnc2Oc2ccc(Cl)cc21)N1CCCCC1. The van der Waals surface area contributed by atoms with Crippen LogP contribution in [0.1, 0.15) is 29.6 Å². The average molecular weight is 372 g/mol. The number of fused-ring (bicyclic) bond motifs is 2. The van der Waals surface area contributed by atoms with Crippen molar-refractivity contribution in [2.45, 2.75) is 19.3 Å². The number of rotatable bonds is 2. The fourth-order valence-corrected chi connectivity index (χ4v) is 3.48. The Kier molecular flexibility index (Phi) is 4.51. The van der Waals surface area contributed by atoms with E-state index in [0.717, 1.165) is 32.4 Å². The van der Waals surface area contributed by atoms with Gasteiger partial charge in [-0.2, -0.15) is 0 Å². The molecule has 6 nitrogen and oxygen atoms in total. The molecule has 0 bridgehead atoms. The lowest BCUT2D eigenvalue weighted by molar-refractivity contribution is -0.130. The molecule has 1 saturated heterocycles. The Morgan fingerprint density at radius 1 is 1.19 bits per heavy atom. The molecule has 0 spiro atoms. The third kappa shape index (κ3) is 3.12. The van der Waals surface area contributed by atoms with E-state index in [2.05, 4.69) is 4.98 Å². The van der Waals surface area contributed by atoms with Crippen molar-refractivity contribution in [2.24, 2.45) is 0 Å². The minimum Gasteiger partial charge on any atom is -0.436 e. The monoisotopic (exact) mass is 371 g/mol. The van der Waals surface area contributed by atoms with Crippen LogP contribution in [0, 0.1) is 0 Å². The highest BCUT2D eigenvalue weighted by molar-refractivity contribution is 6.31. The number of hydrogen-bond acceptors (Lipinski definition) is 4. The van der Waals surface area contributed by atoms with E-state index in [-0.39, 0.29) is 24.2 Å². The number of amides is 2. The Bertz CT molecular complexity index is 865. The number of anilines is 1. The number of nitrogens with zero attached hydrogens (tertiary/aromatic N) is 3. The fraction of sp³-hybridized carbons (Fsp3) is 0.316.